The molecule has 2 rings (SSSR count). The molecule has 2 aromatic rings. The van der Waals surface area contributed by atoms with Gasteiger partial charge in [0.15, 0.2) is 0 Å². The first-order valence-corrected chi connectivity index (χ1v) is 7.26. The summed E-state index contributed by atoms with van der Waals surface area (Å²) in [5.41, 5.74) is 0.613. The number of rotatable bonds is 4. The lowest BCUT2D eigenvalue weighted by atomic mass is 10.2. The van der Waals surface area contributed by atoms with E-state index in [1.165, 1.54) is 18.0 Å². The maximum Gasteiger partial charge on any atom is 0.261 e. The minimum Gasteiger partial charge on any atom is -0.370 e. The Morgan fingerprint density at radius 3 is 2.81 bits per heavy atom. The summed E-state index contributed by atoms with van der Waals surface area (Å²) >= 11 is 3.30. The van der Waals surface area contributed by atoms with Crippen molar-refractivity contribution in [2.45, 2.75) is 6.92 Å². The van der Waals surface area contributed by atoms with Crippen molar-refractivity contribution in [3.05, 3.63) is 52.4 Å². The number of nitrogens with one attached hydrogen (secondary N) is 1. The van der Waals surface area contributed by atoms with Crippen molar-refractivity contribution in [1.29, 1.82) is 0 Å². The van der Waals surface area contributed by atoms with Crippen LogP contribution in [0.2, 0.25) is 0 Å². The van der Waals surface area contributed by atoms with Gasteiger partial charge in [0.25, 0.3) is 5.91 Å². The maximum absolute atomic E-state index is 13.8. The smallest absolute Gasteiger partial charge is 0.261 e. The number of carbonyl (C=O) groups is 1. The van der Waals surface area contributed by atoms with E-state index < -0.39 is 5.82 Å². The first-order valence-electron chi connectivity index (χ1n) is 6.46. The van der Waals surface area contributed by atoms with Crippen LogP contribution in [-0.4, -0.2) is 24.5 Å². The highest BCUT2D eigenvalue weighted by Crippen LogP contribution is 2.24. The normalized spacial score (nSPS) is 10.3. The third-order valence-corrected chi connectivity index (χ3v) is 3.38. The fourth-order valence-corrected chi connectivity index (χ4v) is 2.26. The summed E-state index contributed by atoms with van der Waals surface area (Å²) in [5, 5.41) is 3.03. The first kappa shape index (κ1) is 15.4. The van der Waals surface area contributed by atoms with Crippen molar-refractivity contribution in [1.82, 2.24) is 4.98 Å². The molecule has 1 aromatic carbocycles. The molecule has 0 radical (unpaired) electrons. The second-order valence-corrected chi connectivity index (χ2v) is 5.31. The van der Waals surface area contributed by atoms with Crippen LogP contribution in [0.4, 0.5) is 15.9 Å². The van der Waals surface area contributed by atoms with E-state index >= 15 is 0 Å². The number of pyridine rings is 1. The van der Waals surface area contributed by atoms with E-state index in [9.17, 15) is 9.18 Å². The van der Waals surface area contributed by atoms with Crippen LogP contribution in [0.5, 0.6) is 0 Å². The molecule has 1 aromatic heterocycles. The average Bonchev–Trinajstić information content (AvgIpc) is 2.48. The Hall–Kier alpha value is -1.95. The summed E-state index contributed by atoms with van der Waals surface area (Å²) in [6.07, 6.45) is 1.61. The highest BCUT2D eigenvalue weighted by atomic mass is 79.9. The lowest BCUT2D eigenvalue weighted by Gasteiger charge is -2.19. The third kappa shape index (κ3) is 3.39. The van der Waals surface area contributed by atoms with Gasteiger partial charge in [-0.3, -0.25) is 4.79 Å². The average molecular weight is 352 g/mol. The van der Waals surface area contributed by atoms with Crippen LogP contribution in [0.1, 0.15) is 17.3 Å². The van der Waals surface area contributed by atoms with Gasteiger partial charge in [0, 0.05) is 24.3 Å². The summed E-state index contributed by atoms with van der Waals surface area (Å²) in [4.78, 5) is 18.1. The Balaban J connectivity index is 2.40. The van der Waals surface area contributed by atoms with Crippen molar-refractivity contribution >= 4 is 33.3 Å². The molecule has 0 aliphatic carbocycles. The van der Waals surface area contributed by atoms with Gasteiger partial charge in [-0.1, -0.05) is 12.1 Å². The number of carbonyl (C=O) groups excluding carboxylic acids is 1. The van der Waals surface area contributed by atoms with Crippen molar-refractivity contribution in [3.8, 4) is 0 Å². The van der Waals surface area contributed by atoms with E-state index in [4.69, 9.17) is 0 Å². The number of nitrogens with zero attached hydrogens (tertiary/aromatic N) is 2. The number of hydrogen-bond acceptors (Lipinski definition) is 3. The van der Waals surface area contributed by atoms with Crippen LogP contribution in [0.15, 0.2) is 41.0 Å². The van der Waals surface area contributed by atoms with E-state index in [2.05, 4.69) is 26.2 Å². The first-order chi connectivity index (χ1) is 10.0. The summed E-state index contributed by atoms with van der Waals surface area (Å²) in [5.74, 6) is -0.292. The van der Waals surface area contributed by atoms with Crippen LogP contribution in [-0.2, 0) is 0 Å². The lowest BCUT2D eigenvalue weighted by molar-refractivity contribution is 0.0992. The molecular formula is C15H15BrFN3O. The summed E-state index contributed by atoms with van der Waals surface area (Å²) in [6, 6.07) is 7.83. The standard InChI is InChI=1S/C15H15BrFN3O/c1-3-18-14-11(8-10(16)9-19-14)15(21)20(2)13-7-5-4-6-12(13)17/h4-9H,3H2,1-2H3,(H,18,19). The molecule has 0 fully saturated rings. The van der Waals surface area contributed by atoms with Gasteiger partial charge in [-0.05, 0) is 41.1 Å². The quantitative estimate of drug-likeness (QED) is 0.913. The summed E-state index contributed by atoms with van der Waals surface area (Å²) in [7, 11) is 1.54. The highest BCUT2D eigenvalue weighted by molar-refractivity contribution is 9.10. The highest BCUT2D eigenvalue weighted by Gasteiger charge is 2.20. The molecule has 0 aliphatic heterocycles. The molecule has 21 heavy (non-hydrogen) atoms. The van der Waals surface area contributed by atoms with Gasteiger partial charge in [0.1, 0.15) is 11.6 Å². The van der Waals surface area contributed by atoms with E-state index in [0.29, 0.717) is 22.4 Å². The minimum atomic E-state index is -0.443. The van der Waals surface area contributed by atoms with Gasteiger partial charge < -0.3 is 10.2 Å². The van der Waals surface area contributed by atoms with Crippen molar-refractivity contribution < 1.29 is 9.18 Å². The molecule has 1 heterocycles. The molecule has 1 N–H and O–H groups in total. The monoisotopic (exact) mass is 351 g/mol. The van der Waals surface area contributed by atoms with Gasteiger partial charge in [-0.25, -0.2) is 9.37 Å². The second kappa shape index (κ2) is 6.67. The number of amides is 1. The van der Waals surface area contributed by atoms with Crippen LogP contribution in [0.25, 0.3) is 0 Å². The maximum atomic E-state index is 13.8. The van der Waals surface area contributed by atoms with E-state index in [1.807, 2.05) is 6.92 Å². The van der Waals surface area contributed by atoms with Crippen LogP contribution in [0, 0.1) is 5.82 Å². The van der Waals surface area contributed by atoms with E-state index in [-0.39, 0.29) is 11.6 Å². The summed E-state index contributed by atoms with van der Waals surface area (Å²) < 4.78 is 14.5. The number of aromatic nitrogens is 1. The van der Waals surface area contributed by atoms with Gasteiger partial charge in [0.05, 0.1) is 11.3 Å². The Kier molecular flexibility index (Phi) is 4.90. The second-order valence-electron chi connectivity index (χ2n) is 4.40. The van der Waals surface area contributed by atoms with Gasteiger partial charge in [-0.2, -0.15) is 0 Å². The molecule has 4 nitrogen and oxygen atoms in total. The largest absolute Gasteiger partial charge is 0.370 e. The molecule has 1 amide bonds. The molecule has 0 spiro atoms. The zero-order valence-electron chi connectivity index (χ0n) is 11.7. The molecular weight excluding hydrogens is 337 g/mol. The number of para-hydroxylation sites is 1. The molecule has 0 aliphatic rings. The van der Waals surface area contributed by atoms with E-state index in [0.717, 1.165) is 0 Å². The Labute approximate surface area is 131 Å². The number of anilines is 2. The number of benzene rings is 1. The number of halogens is 2. The van der Waals surface area contributed by atoms with Crippen LogP contribution in [0.3, 0.4) is 0 Å². The zero-order valence-corrected chi connectivity index (χ0v) is 13.3. The SMILES string of the molecule is CCNc1ncc(Br)cc1C(=O)N(C)c1ccccc1F. The predicted molar refractivity (Wildman–Crippen MR) is 85.2 cm³/mol. The topological polar surface area (TPSA) is 45.2 Å². The minimum absolute atomic E-state index is 0.227. The molecule has 0 unspecified atom stereocenters. The Morgan fingerprint density at radius 2 is 2.14 bits per heavy atom. The molecule has 6 heteroatoms. The third-order valence-electron chi connectivity index (χ3n) is 2.95. The van der Waals surface area contributed by atoms with Crippen molar-refractivity contribution in [3.63, 3.8) is 0 Å². The van der Waals surface area contributed by atoms with Gasteiger partial charge in [-0.15, -0.1) is 0 Å². The molecule has 0 atom stereocenters. The molecule has 0 saturated heterocycles. The molecule has 110 valence electrons. The van der Waals surface area contributed by atoms with E-state index in [1.54, 1.807) is 30.5 Å². The number of hydrogen-bond donors (Lipinski definition) is 1. The van der Waals surface area contributed by atoms with Crippen molar-refractivity contribution in [2.75, 3.05) is 23.8 Å². The Morgan fingerprint density at radius 1 is 1.43 bits per heavy atom. The molecule has 0 bridgehead atoms. The van der Waals surface area contributed by atoms with Crippen LogP contribution < -0.4 is 10.2 Å². The zero-order chi connectivity index (χ0) is 15.4. The van der Waals surface area contributed by atoms with Gasteiger partial charge >= 0.3 is 0 Å². The fraction of sp³-hybridized carbons (Fsp3) is 0.200. The van der Waals surface area contributed by atoms with Crippen LogP contribution >= 0.6 is 15.9 Å². The Bertz CT molecular complexity index is 663. The lowest BCUT2D eigenvalue weighted by Crippen LogP contribution is -2.28. The van der Waals surface area contributed by atoms with Gasteiger partial charge in [0.2, 0.25) is 0 Å². The fourth-order valence-electron chi connectivity index (χ4n) is 1.92. The predicted octanol–water partition coefficient (Wildman–Crippen LogP) is 3.69. The molecule has 0 saturated carbocycles. The summed E-state index contributed by atoms with van der Waals surface area (Å²) in [6.45, 7) is 2.55. The van der Waals surface area contributed by atoms with Crippen molar-refractivity contribution in [2.24, 2.45) is 0 Å².